The molecule has 4 nitrogen and oxygen atoms in total. The van der Waals surface area contributed by atoms with Crippen LogP contribution >= 0.6 is 0 Å². The summed E-state index contributed by atoms with van der Waals surface area (Å²) in [5.74, 6) is 0.255. The summed E-state index contributed by atoms with van der Waals surface area (Å²) >= 11 is 0. The number of nitrogens with zero attached hydrogens (tertiary/aromatic N) is 1. The first-order valence-corrected chi connectivity index (χ1v) is 10.4. The first kappa shape index (κ1) is 18.5. The molecule has 0 saturated carbocycles. The van der Waals surface area contributed by atoms with Crippen molar-refractivity contribution in [1.82, 2.24) is 9.88 Å². The molecule has 1 saturated heterocycles. The summed E-state index contributed by atoms with van der Waals surface area (Å²) in [7, 11) is 0. The zero-order valence-electron chi connectivity index (χ0n) is 16.9. The average Bonchev–Trinajstić information content (AvgIpc) is 3.01. The molecule has 0 radical (unpaired) electrons. The first-order valence-electron chi connectivity index (χ1n) is 10.4. The largest absolute Gasteiger partial charge is 0.508 e. The van der Waals surface area contributed by atoms with E-state index in [1.165, 1.54) is 22.2 Å². The lowest BCUT2D eigenvalue weighted by Crippen LogP contribution is -2.66. The highest BCUT2D eigenvalue weighted by Crippen LogP contribution is 2.51. The third-order valence-electron chi connectivity index (χ3n) is 7.11. The van der Waals surface area contributed by atoms with Crippen molar-refractivity contribution in [3.8, 4) is 5.75 Å². The van der Waals surface area contributed by atoms with Crippen LogP contribution in [0.5, 0.6) is 5.75 Å². The van der Waals surface area contributed by atoms with Gasteiger partial charge in [-0.2, -0.15) is 0 Å². The fourth-order valence-electron chi connectivity index (χ4n) is 5.69. The van der Waals surface area contributed by atoms with Crippen molar-refractivity contribution < 1.29 is 10.2 Å². The fourth-order valence-corrected chi connectivity index (χ4v) is 5.69. The topological polar surface area (TPSA) is 59.5 Å². The standard InChI is InChI=1S/C25H28N2O2/c1-3-10-27-11-9-24(18-5-4-6-19(28)13-18)15-23-21(14-25(24,29)16-27)20-8-7-17(2)12-22(20)26-23/h3-8,12-13,26,28-29H,1,9-11,14-16H2,2H3/t24-,25-/m0/s1. The molecule has 2 heterocycles. The lowest BCUT2D eigenvalue weighted by molar-refractivity contribution is -0.100. The summed E-state index contributed by atoms with van der Waals surface area (Å²) in [5, 5.41) is 23.6. The maximum Gasteiger partial charge on any atom is 0.115 e. The SMILES string of the molecule is C=CCN1CC[C@@]2(c3cccc(O)c3)Cc3[nH]c4cc(C)ccc4c3C[C@]2(O)C1. The summed E-state index contributed by atoms with van der Waals surface area (Å²) in [6.07, 6.45) is 4.11. The van der Waals surface area contributed by atoms with Crippen molar-refractivity contribution in [1.29, 1.82) is 0 Å². The molecular weight excluding hydrogens is 360 g/mol. The fraction of sp³-hybridized carbons (Fsp3) is 0.360. The van der Waals surface area contributed by atoms with Gasteiger partial charge >= 0.3 is 0 Å². The van der Waals surface area contributed by atoms with Crippen LogP contribution in [0.25, 0.3) is 10.9 Å². The van der Waals surface area contributed by atoms with E-state index in [9.17, 15) is 10.2 Å². The van der Waals surface area contributed by atoms with Crippen LogP contribution in [0.2, 0.25) is 0 Å². The second kappa shape index (κ2) is 6.48. The number of aryl methyl sites for hydroxylation is 1. The third kappa shape index (κ3) is 2.74. The van der Waals surface area contributed by atoms with Crippen LogP contribution in [0, 0.1) is 6.92 Å². The van der Waals surface area contributed by atoms with Gasteiger partial charge in [0, 0.05) is 47.9 Å². The smallest absolute Gasteiger partial charge is 0.115 e. The number of aromatic amines is 1. The molecule has 0 bridgehead atoms. The number of phenolic OH excluding ortho intramolecular Hbond substituents is 1. The number of nitrogens with one attached hydrogen (secondary N) is 1. The van der Waals surface area contributed by atoms with Gasteiger partial charge in [0.15, 0.2) is 0 Å². The monoisotopic (exact) mass is 388 g/mol. The first-order chi connectivity index (χ1) is 13.9. The van der Waals surface area contributed by atoms with E-state index in [4.69, 9.17) is 0 Å². The molecule has 5 rings (SSSR count). The highest BCUT2D eigenvalue weighted by molar-refractivity contribution is 5.86. The van der Waals surface area contributed by atoms with Crippen LogP contribution in [-0.2, 0) is 18.3 Å². The Kier molecular flexibility index (Phi) is 4.12. The van der Waals surface area contributed by atoms with E-state index >= 15 is 0 Å². The Labute approximate surface area is 171 Å². The molecule has 0 spiro atoms. The van der Waals surface area contributed by atoms with Gasteiger partial charge in [0.2, 0.25) is 0 Å². The van der Waals surface area contributed by atoms with Crippen molar-refractivity contribution in [2.24, 2.45) is 0 Å². The summed E-state index contributed by atoms with van der Waals surface area (Å²) in [5.41, 5.74) is 4.52. The highest BCUT2D eigenvalue weighted by atomic mass is 16.3. The van der Waals surface area contributed by atoms with Gasteiger partial charge < -0.3 is 15.2 Å². The normalized spacial score (nSPS) is 26.8. The zero-order chi connectivity index (χ0) is 20.2. The second-order valence-corrected chi connectivity index (χ2v) is 8.92. The number of benzene rings is 2. The molecule has 4 heteroatoms. The van der Waals surface area contributed by atoms with Crippen molar-refractivity contribution >= 4 is 10.9 Å². The van der Waals surface area contributed by atoms with Gasteiger partial charge in [-0.1, -0.05) is 30.3 Å². The number of rotatable bonds is 3. The molecule has 0 unspecified atom stereocenters. The number of aliphatic hydroxyl groups is 1. The van der Waals surface area contributed by atoms with E-state index in [0.29, 0.717) is 13.0 Å². The Hall–Kier alpha value is -2.56. The quantitative estimate of drug-likeness (QED) is 0.598. The lowest BCUT2D eigenvalue weighted by Gasteiger charge is -2.56. The van der Waals surface area contributed by atoms with Crippen molar-refractivity contribution in [3.63, 3.8) is 0 Å². The van der Waals surface area contributed by atoms with Gasteiger partial charge in [0.25, 0.3) is 0 Å². The van der Waals surface area contributed by atoms with Crippen molar-refractivity contribution in [3.05, 3.63) is 77.5 Å². The van der Waals surface area contributed by atoms with Gasteiger partial charge in [-0.3, -0.25) is 4.90 Å². The number of H-pyrrole nitrogens is 1. The summed E-state index contributed by atoms with van der Waals surface area (Å²) < 4.78 is 0. The second-order valence-electron chi connectivity index (χ2n) is 8.92. The van der Waals surface area contributed by atoms with Crippen LogP contribution in [-0.4, -0.2) is 45.3 Å². The minimum Gasteiger partial charge on any atom is -0.508 e. The van der Waals surface area contributed by atoms with Crippen LogP contribution in [0.1, 0.15) is 28.8 Å². The maximum absolute atomic E-state index is 12.2. The average molecular weight is 389 g/mol. The Morgan fingerprint density at radius 2 is 2.07 bits per heavy atom. The maximum atomic E-state index is 12.2. The molecule has 150 valence electrons. The van der Waals surface area contributed by atoms with E-state index in [1.807, 2.05) is 18.2 Å². The number of piperidine rings is 1. The van der Waals surface area contributed by atoms with Crippen LogP contribution in [0.3, 0.4) is 0 Å². The molecule has 0 amide bonds. The highest BCUT2D eigenvalue weighted by Gasteiger charge is 2.57. The number of fused-ring (bicyclic) bond motifs is 4. The molecule has 2 atom stereocenters. The molecule has 1 aliphatic heterocycles. The van der Waals surface area contributed by atoms with Gasteiger partial charge in [-0.15, -0.1) is 6.58 Å². The molecular formula is C25H28N2O2. The Bertz CT molecular complexity index is 1100. The van der Waals surface area contributed by atoms with E-state index in [-0.39, 0.29) is 5.75 Å². The number of β-amino-alcohol motifs (C(OH)–C–C–N with tert-alkyl or cyclic N) is 1. The Morgan fingerprint density at radius 1 is 1.21 bits per heavy atom. The Morgan fingerprint density at radius 3 is 2.86 bits per heavy atom. The van der Waals surface area contributed by atoms with Crippen molar-refractivity contribution in [2.45, 2.75) is 37.2 Å². The van der Waals surface area contributed by atoms with Crippen LogP contribution in [0.4, 0.5) is 0 Å². The Balaban J connectivity index is 1.69. The van der Waals surface area contributed by atoms with Gasteiger partial charge in [-0.25, -0.2) is 0 Å². The summed E-state index contributed by atoms with van der Waals surface area (Å²) in [6, 6.07) is 14.0. The predicted molar refractivity (Wildman–Crippen MR) is 116 cm³/mol. The minimum absolute atomic E-state index is 0.255. The van der Waals surface area contributed by atoms with Gasteiger partial charge in [-0.05, 0) is 54.8 Å². The molecule has 2 aliphatic rings. The van der Waals surface area contributed by atoms with E-state index in [1.54, 1.807) is 6.07 Å². The lowest BCUT2D eigenvalue weighted by atomic mass is 9.56. The number of aromatic nitrogens is 1. The molecule has 1 fully saturated rings. The number of hydrogen-bond donors (Lipinski definition) is 3. The zero-order valence-corrected chi connectivity index (χ0v) is 16.9. The molecule has 3 aromatic rings. The summed E-state index contributed by atoms with van der Waals surface area (Å²) in [6.45, 7) is 8.27. The molecule has 3 N–H and O–H groups in total. The van der Waals surface area contributed by atoms with Crippen LogP contribution < -0.4 is 0 Å². The number of likely N-dealkylation sites (tertiary alicyclic amines) is 1. The molecule has 1 aliphatic carbocycles. The number of aromatic hydroxyl groups is 1. The number of hydrogen-bond acceptors (Lipinski definition) is 3. The van der Waals surface area contributed by atoms with Gasteiger partial charge in [0.1, 0.15) is 5.75 Å². The molecule has 29 heavy (non-hydrogen) atoms. The van der Waals surface area contributed by atoms with E-state index in [0.717, 1.165) is 37.0 Å². The van der Waals surface area contributed by atoms with E-state index in [2.05, 4.69) is 47.7 Å². The predicted octanol–water partition coefficient (Wildman–Crippen LogP) is 3.84. The molecule has 2 aromatic carbocycles. The van der Waals surface area contributed by atoms with Crippen molar-refractivity contribution in [2.75, 3.05) is 19.6 Å². The third-order valence-corrected chi connectivity index (χ3v) is 7.11. The number of phenols is 1. The minimum atomic E-state index is -0.908. The molecule has 1 aromatic heterocycles. The van der Waals surface area contributed by atoms with Crippen LogP contribution in [0.15, 0.2) is 55.1 Å². The van der Waals surface area contributed by atoms with E-state index < -0.39 is 11.0 Å². The van der Waals surface area contributed by atoms with Gasteiger partial charge in [0.05, 0.1) is 5.60 Å². The summed E-state index contributed by atoms with van der Waals surface area (Å²) in [4.78, 5) is 5.94.